The fourth-order valence-electron chi connectivity index (χ4n) is 3.59. The number of carbonyl (C=O) groups is 2. The minimum absolute atomic E-state index is 0.0628. The first-order valence-corrected chi connectivity index (χ1v) is 9.47. The quantitative estimate of drug-likeness (QED) is 0.382. The molecular formula is C23H20N2O6. The molecule has 0 spiro atoms. The summed E-state index contributed by atoms with van der Waals surface area (Å²) in [5, 5.41) is 15.0. The molecule has 1 fully saturated rings. The molecule has 1 unspecified atom stereocenters. The molecule has 0 aliphatic carbocycles. The van der Waals surface area contributed by atoms with Crippen molar-refractivity contribution in [2.24, 2.45) is 0 Å². The molecule has 1 saturated heterocycles. The van der Waals surface area contributed by atoms with Gasteiger partial charge in [0.15, 0.2) is 5.82 Å². The summed E-state index contributed by atoms with van der Waals surface area (Å²) in [6.07, 6.45) is 0. The number of ether oxygens (including phenoxy) is 2. The van der Waals surface area contributed by atoms with Crippen LogP contribution in [0.4, 0.5) is 5.82 Å². The fraction of sp³-hybridized carbons (Fsp3) is 0.174. The lowest BCUT2D eigenvalue weighted by atomic mass is 9.95. The molecule has 1 N–H and O–H groups in total. The molecule has 1 atom stereocenters. The van der Waals surface area contributed by atoms with Gasteiger partial charge in [-0.1, -0.05) is 29.4 Å². The van der Waals surface area contributed by atoms with Crippen LogP contribution >= 0.6 is 0 Å². The number of aliphatic hydroxyl groups excluding tert-OH is 1. The van der Waals surface area contributed by atoms with Crippen LogP contribution in [0.3, 0.4) is 0 Å². The molecule has 0 bridgehead atoms. The Morgan fingerprint density at radius 3 is 2.35 bits per heavy atom. The van der Waals surface area contributed by atoms with Crippen molar-refractivity contribution in [2.45, 2.75) is 13.0 Å². The number of ketones is 1. The number of aliphatic hydroxyl groups is 1. The molecule has 1 aromatic heterocycles. The second-order valence-corrected chi connectivity index (χ2v) is 6.97. The minimum Gasteiger partial charge on any atom is -0.507 e. The van der Waals surface area contributed by atoms with Gasteiger partial charge in [0, 0.05) is 11.6 Å². The monoisotopic (exact) mass is 420 g/mol. The highest BCUT2D eigenvalue weighted by Gasteiger charge is 2.48. The summed E-state index contributed by atoms with van der Waals surface area (Å²) in [5.41, 5.74) is 0.859. The first kappa shape index (κ1) is 20.2. The highest BCUT2D eigenvalue weighted by molar-refractivity contribution is 6.51. The number of Topliss-reactive ketones (excluding diaryl/α,β-unsaturated/α-hetero) is 1. The third kappa shape index (κ3) is 3.52. The number of carbonyl (C=O) groups excluding carboxylic acids is 2. The molecular weight excluding hydrogens is 400 g/mol. The molecule has 4 rings (SSSR count). The predicted molar refractivity (Wildman–Crippen MR) is 112 cm³/mol. The average molecular weight is 420 g/mol. The van der Waals surface area contributed by atoms with Crippen LogP contribution in [0.2, 0.25) is 0 Å². The number of anilines is 1. The lowest BCUT2D eigenvalue weighted by Crippen LogP contribution is -2.29. The summed E-state index contributed by atoms with van der Waals surface area (Å²) in [6.45, 7) is 1.68. The summed E-state index contributed by atoms with van der Waals surface area (Å²) in [5.74, 6) is -0.248. The molecule has 8 heteroatoms. The molecule has 1 aliphatic heterocycles. The maximum absolute atomic E-state index is 13.1. The molecule has 1 amide bonds. The number of hydrogen-bond acceptors (Lipinski definition) is 7. The van der Waals surface area contributed by atoms with Crippen LogP contribution in [0.1, 0.15) is 22.9 Å². The van der Waals surface area contributed by atoms with E-state index in [1.165, 1.54) is 19.1 Å². The standard InChI is InChI=1S/C23H20N2O6/c1-13-10-18(24-31-13)25-20(14-6-4-8-16(11-14)29-2)19(22(27)23(25)28)21(26)15-7-5-9-17(12-15)30-3/h4-12,20,26H,1-3H3/b21-19+. The largest absolute Gasteiger partial charge is 0.507 e. The SMILES string of the molecule is COc1cccc(/C(O)=C2\C(=O)C(=O)N(c3cc(C)on3)C2c2cccc(OC)c2)c1. The van der Waals surface area contributed by atoms with E-state index < -0.39 is 17.7 Å². The smallest absolute Gasteiger partial charge is 0.301 e. The van der Waals surface area contributed by atoms with Crippen LogP contribution in [0.25, 0.3) is 5.76 Å². The molecule has 31 heavy (non-hydrogen) atoms. The van der Waals surface area contributed by atoms with Crippen LogP contribution in [0.15, 0.2) is 64.7 Å². The number of amides is 1. The van der Waals surface area contributed by atoms with Gasteiger partial charge < -0.3 is 19.1 Å². The lowest BCUT2D eigenvalue weighted by Gasteiger charge is -2.23. The van der Waals surface area contributed by atoms with Crippen molar-refractivity contribution < 1.29 is 28.7 Å². The van der Waals surface area contributed by atoms with Crippen LogP contribution < -0.4 is 14.4 Å². The summed E-state index contributed by atoms with van der Waals surface area (Å²) in [6, 6.07) is 14.2. The number of aromatic nitrogens is 1. The van der Waals surface area contributed by atoms with Gasteiger partial charge in [-0.2, -0.15) is 0 Å². The van der Waals surface area contributed by atoms with Crippen molar-refractivity contribution >= 4 is 23.3 Å². The Morgan fingerprint density at radius 2 is 1.71 bits per heavy atom. The Labute approximate surface area is 178 Å². The van der Waals surface area contributed by atoms with E-state index in [1.54, 1.807) is 61.5 Å². The molecule has 158 valence electrons. The minimum atomic E-state index is -0.925. The Balaban J connectivity index is 1.95. The van der Waals surface area contributed by atoms with Crippen molar-refractivity contribution in [1.82, 2.24) is 5.16 Å². The van der Waals surface area contributed by atoms with E-state index in [1.807, 2.05) is 0 Å². The van der Waals surface area contributed by atoms with Crippen molar-refractivity contribution in [3.8, 4) is 11.5 Å². The fourth-order valence-corrected chi connectivity index (χ4v) is 3.59. The Morgan fingerprint density at radius 1 is 1.03 bits per heavy atom. The number of aryl methyl sites for hydroxylation is 1. The molecule has 3 aromatic rings. The van der Waals surface area contributed by atoms with E-state index in [0.29, 0.717) is 28.4 Å². The number of nitrogens with zero attached hydrogens (tertiary/aromatic N) is 2. The average Bonchev–Trinajstić information content (AvgIpc) is 3.34. The van der Waals surface area contributed by atoms with Crippen LogP contribution in [-0.2, 0) is 9.59 Å². The first-order chi connectivity index (χ1) is 14.9. The summed E-state index contributed by atoms with van der Waals surface area (Å²) in [4.78, 5) is 27.3. The van der Waals surface area contributed by atoms with Gasteiger partial charge in [0.1, 0.15) is 23.0 Å². The van der Waals surface area contributed by atoms with E-state index in [0.717, 1.165) is 0 Å². The molecule has 8 nitrogen and oxygen atoms in total. The highest BCUT2D eigenvalue weighted by atomic mass is 16.5. The number of methoxy groups -OCH3 is 2. The highest BCUT2D eigenvalue weighted by Crippen LogP contribution is 2.42. The number of rotatable bonds is 5. The lowest BCUT2D eigenvalue weighted by molar-refractivity contribution is -0.132. The van der Waals surface area contributed by atoms with Gasteiger partial charge in [-0.15, -0.1) is 0 Å². The van der Waals surface area contributed by atoms with E-state index in [9.17, 15) is 14.7 Å². The van der Waals surface area contributed by atoms with E-state index in [4.69, 9.17) is 14.0 Å². The van der Waals surface area contributed by atoms with Crippen molar-refractivity contribution in [3.63, 3.8) is 0 Å². The third-order valence-corrected chi connectivity index (χ3v) is 5.06. The van der Waals surface area contributed by atoms with Crippen molar-refractivity contribution in [3.05, 3.63) is 77.1 Å². The Kier molecular flexibility index (Phi) is 5.21. The molecule has 0 radical (unpaired) electrons. The molecule has 2 heterocycles. The van der Waals surface area contributed by atoms with E-state index in [2.05, 4.69) is 5.16 Å². The predicted octanol–water partition coefficient (Wildman–Crippen LogP) is 3.63. The zero-order chi connectivity index (χ0) is 22.1. The molecule has 0 saturated carbocycles. The third-order valence-electron chi connectivity index (χ3n) is 5.06. The normalized spacial score (nSPS) is 17.8. The topological polar surface area (TPSA) is 102 Å². The second kappa shape index (κ2) is 7.98. The van der Waals surface area contributed by atoms with Gasteiger partial charge in [0.25, 0.3) is 5.78 Å². The molecule has 1 aliphatic rings. The van der Waals surface area contributed by atoms with E-state index >= 15 is 0 Å². The van der Waals surface area contributed by atoms with Gasteiger partial charge >= 0.3 is 5.91 Å². The van der Waals surface area contributed by atoms with Crippen molar-refractivity contribution in [1.29, 1.82) is 0 Å². The second-order valence-electron chi connectivity index (χ2n) is 6.97. The summed E-state index contributed by atoms with van der Waals surface area (Å²) in [7, 11) is 3.02. The first-order valence-electron chi connectivity index (χ1n) is 9.47. The summed E-state index contributed by atoms with van der Waals surface area (Å²) < 4.78 is 15.6. The van der Waals surface area contributed by atoms with Crippen molar-refractivity contribution in [2.75, 3.05) is 19.1 Å². The maximum Gasteiger partial charge on any atom is 0.301 e. The number of benzene rings is 2. The van der Waals surface area contributed by atoms with Gasteiger partial charge in [0.05, 0.1) is 25.8 Å². The summed E-state index contributed by atoms with van der Waals surface area (Å²) >= 11 is 0. The van der Waals surface area contributed by atoms with Gasteiger partial charge in [-0.25, -0.2) is 0 Å². The van der Waals surface area contributed by atoms with Crippen LogP contribution in [-0.4, -0.2) is 36.2 Å². The van der Waals surface area contributed by atoms with Gasteiger partial charge in [-0.05, 0) is 36.8 Å². The maximum atomic E-state index is 13.1. The number of hydrogen-bond donors (Lipinski definition) is 1. The van der Waals surface area contributed by atoms with Crippen LogP contribution in [0, 0.1) is 6.92 Å². The van der Waals surface area contributed by atoms with Crippen LogP contribution in [0.5, 0.6) is 11.5 Å². The van der Waals surface area contributed by atoms with Gasteiger partial charge in [0.2, 0.25) is 0 Å². The zero-order valence-corrected chi connectivity index (χ0v) is 17.2. The Bertz CT molecular complexity index is 1200. The molecule has 2 aromatic carbocycles. The van der Waals surface area contributed by atoms with E-state index in [-0.39, 0.29) is 17.2 Å². The Hall–Kier alpha value is -4.07. The van der Waals surface area contributed by atoms with Gasteiger partial charge in [-0.3, -0.25) is 14.5 Å². The zero-order valence-electron chi connectivity index (χ0n) is 17.2.